The number of likely N-dealkylation sites (N-methyl/N-ethyl adjacent to an activating group) is 4. The molecule has 5 fully saturated rings. The van der Waals surface area contributed by atoms with E-state index in [9.17, 15) is 46.6 Å². The summed E-state index contributed by atoms with van der Waals surface area (Å²) < 4.78 is 92.8. The molecule has 0 spiro atoms. The topological polar surface area (TPSA) is 157 Å². The molecule has 2 N–H and O–H groups in total. The van der Waals surface area contributed by atoms with E-state index in [0.29, 0.717) is 40.6 Å². The minimum atomic E-state index is -1.21. The maximum Gasteiger partial charge on any atom is 0.494 e. The lowest BCUT2D eigenvalue weighted by atomic mass is 9.79. The number of nitrogen functional groups attached to an aromatic ring is 1. The zero-order valence-corrected chi connectivity index (χ0v) is 48.8. The Labute approximate surface area is 479 Å². The highest BCUT2D eigenvalue weighted by Gasteiger charge is 2.52. The van der Waals surface area contributed by atoms with E-state index in [1.807, 2.05) is 63.9 Å². The summed E-state index contributed by atoms with van der Waals surface area (Å²) in [5, 5.41) is 20.5. The summed E-state index contributed by atoms with van der Waals surface area (Å²) in [6.07, 6.45) is 0. The molecule has 5 aliphatic heterocycles. The molecule has 0 unspecified atom stereocenters. The molecule has 5 aromatic rings. The Morgan fingerprint density at radius 3 is 1.11 bits per heavy atom. The van der Waals surface area contributed by atoms with Crippen molar-refractivity contribution in [3.05, 3.63) is 151 Å². The minimum absolute atomic E-state index is 0.145. The van der Waals surface area contributed by atoms with Gasteiger partial charge in [0.1, 0.15) is 17.5 Å². The zero-order valence-electron chi connectivity index (χ0n) is 47.2. The number of nitro benzene ring substituents is 2. The van der Waals surface area contributed by atoms with Crippen LogP contribution in [0.15, 0.2) is 95.5 Å². The Kier molecular flexibility index (Phi) is 22.6. The first-order valence-corrected chi connectivity index (χ1v) is 27.4. The van der Waals surface area contributed by atoms with Crippen molar-refractivity contribution in [2.75, 3.05) is 158 Å². The quantitative estimate of drug-likeness (QED) is 0.0542. The van der Waals surface area contributed by atoms with E-state index in [1.54, 1.807) is 18.2 Å². The fourth-order valence-corrected chi connectivity index (χ4v) is 9.41. The van der Waals surface area contributed by atoms with E-state index < -0.39 is 51.3 Å². The lowest BCUT2D eigenvalue weighted by Gasteiger charge is -2.34. The van der Waals surface area contributed by atoms with Gasteiger partial charge in [0.15, 0.2) is 17.5 Å². The van der Waals surface area contributed by atoms with Crippen LogP contribution in [0.4, 0.5) is 66.2 Å². The van der Waals surface area contributed by atoms with Crippen LogP contribution in [0.1, 0.15) is 27.7 Å². The predicted molar refractivity (Wildman–Crippen MR) is 312 cm³/mol. The number of piperazine rings is 4. The number of hydrogen-bond acceptors (Lipinski definition) is 15. The third-order valence-electron chi connectivity index (χ3n) is 15.0. The lowest BCUT2D eigenvalue weighted by Crippen LogP contribution is -2.45. The highest BCUT2D eigenvalue weighted by molar-refractivity contribution is 9.10. The molecule has 81 heavy (non-hydrogen) atoms. The van der Waals surface area contributed by atoms with E-state index in [4.69, 9.17) is 15.0 Å². The van der Waals surface area contributed by atoms with Crippen molar-refractivity contribution in [2.45, 2.75) is 38.9 Å². The number of nitrogens with zero attached hydrogens (tertiary/aromatic N) is 10. The highest BCUT2D eigenvalue weighted by Crippen LogP contribution is 2.37. The van der Waals surface area contributed by atoms with E-state index in [2.05, 4.69) is 71.4 Å². The van der Waals surface area contributed by atoms with E-state index >= 15 is 0 Å². The number of halogens is 7. The molecule has 0 aliphatic carbocycles. The predicted octanol–water partition coefficient (Wildman–Crippen LogP) is 8.74. The van der Waals surface area contributed by atoms with Crippen molar-refractivity contribution < 1.29 is 45.5 Å². The molecule has 25 heteroatoms. The molecule has 0 bridgehead atoms. The molecule has 17 nitrogen and oxygen atoms in total. The summed E-state index contributed by atoms with van der Waals surface area (Å²) >= 11 is 3.26. The third kappa shape index (κ3) is 17.9. The van der Waals surface area contributed by atoms with Gasteiger partial charge in [-0.2, -0.15) is 0 Å². The zero-order chi connectivity index (χ0) is 59.3. The van der Waals surface area contributed by atoms with Gasteiger partial charge >= 0.3 is 7.12 Å². The molecule has 5 heterocycles. The van der Waals surface area contributed by atoms with E-state index in [0.717, 1.165) is 127 Å². The summed E-state index contributed by atoms with van der Waals surface area (Å²) in [6.45, 7) is 22.3. The third-order valence-corrected chi connectivity index (χ3v) is 15.5. The first-order chi connectivity index (χ1) is 38.2. The van der Waals surface area contributed by atoms with Crippen LogP contribution in [0.5, 0.6) is 0 Å². The second-order valence-electron chi connectivity index (χ2n) is 21.5. The number of hydrogen-bond donors (Lipinski definition) is 1. The van der Waals surface area contributed by atoms with Crippen LogP contribution >= 0.6 is 15.9 Å². The Morgan fingerprint density at radius 1 is 0.444 bits per heavy atom. The molecule has 5 saturated heterocycles. The fourth-order valence-electron chi connectivity index (χ4n) is 9.08. The van der Waals surface area contributed by atoms with E-state index in [1.165, 1.54) is 24.3 Å². The van der Waals surface area contributed by atoms with Gasteiger partial charge in [-0.15, -0.1) is 0 Å². The SMILES string of the molecule is CN1CCN(c2ccc(B3OC(C)(C)C(C)(C)O3)cc2F)CC1.CN1CCN(c2ccc(Br)cc2F)CC1.CN1CCN(c2ccc(N)cc2F)CC1.CN1CCN(c2ccc([N+](=O)[O-])cc2F)CC1.O=[N+]([O-])c1ccc(F)c(F)c1. The van der Waals surface area contributed by atoms with Crippen LogP contribution in [0.25, 0.3) is 0 Å². The minimum Gasteiger partial charge on any atom is -0.399 e. The largest absolute Gasteiger partial charge is 0.494 e. The summed E-state index contributed by atoms with van der Waals surface area (Å²) in [4.78, 5) is 36.2. The number of anilines is 5. The van der Waals surface area contributed by atoms with Crippen LogP contribution in [0.3, 0.4) is 0 Å². The average Bonchev–Trinajstić information content (AvgIpc) is 3.67. The maximum atomic E-state index is 14.6. The van der Waals surface area contributed by atoms with E-state index in [-0.39, 0.29) is 23.1 Å². The van der Waals surface area contributed by atoms with Gasteiger partial charge in [0.2, 0.25) is 0 Å². The second kappa shape index (κ2) is 28.7. The molecule has 5 aliphatic rings. The molecule has 0 atom stereocenters. The molecule has 5 aromatic carbocycles. The van der Waals surface area contributed by atoms with Crippen LogP contribution in [-0.4, -0.2) is 181 Å². The van der Waals surface area contributed by atoms with Crippen molar-refractivity contribution in [3.63, 3.8) is 0 Å². The summed E-state index contributed by atoms with van der Waals surface area (Å²) in [7, 11) is 7.76. The van der Waals surface area contributed by atoms with Crippen molar-refractivity contribution >= 4 is 68.3 Å². The molecule has 0 amide bonds. The van der Waals surface area contributed by atoms with Crippen LogP contribution < -0.4 is 30.8 Å². The maximum absolute atomic E-state index is 14.6. The standard InChI is InChI=1S/C17H26BFN2O2.C11H14BrFN2.C11H14FN3O2.C11H16FN3.C6H3F2NO2/c1-16(2)17(3,4)23-18(22-16)13-6-7-15(14(19)12-13)21-10-8-20(5)9-11-21;1-14-4-6-15(7-5-14)11-3-2-9(12)8-10(11)13;1-13-4-6-14(7-5-13)11-3-2-9(15(16)17)8-10(11)12;1-14-4-6-15(7-5-14)11-3-2-9(13)8-10(11)12;7-5-2-1-4(9(10)11)3-6(5)8/h6-7,12H,8-11H2,1-5H3;2-3,8H,4-7H2,1H3;2-3,8H,4-7H2,1H3;2-3,8H,4-7,13H2,1H3;1-3H. The van der Waals surface area contributed by atoms with Gasteiger partial charge in [0.25, 0.3) is 11.4 Å². The number of non-ortho nitro benzene ring substituents is 2. The summed E-state index contributed by atoms with van der Waals surface area (Å²) in [5.74, 6) is -3.39. The van der Waals surface area contributed by atoms with Crippen molar-refractivity contribution in [1.82, 2.24) is 19.6 Å². The van der Waals surface area contributed by atoms with Crippen LogP contribution in [0, 0.1) is 55.1 Å². The number of nitro groups is 2. The molecular formula is C56H73BBrF6N11O6. The second-order valence-corrected chi connectivity index (χ2v) is 22.4. The van der Waals surface area contributed by atoms with Gasteiger partial charge in [0, 0.05) is 127 Å². The fraction of sp³-hybridized carbons (Fsp3) is 0.464. The normalized spacial score (nSPS) is 18.5. The van der Waals surface area contributed by atoms with Gasteiger partial charge in [-0.1, -0.05) is 22.0 Å². The summed E-state index contributed by atoms with van der Waals surface area (Å²) in [6, 6.07) is 21.4. The first-order valence-electron chi connectivity index (χ1n) is 26.6. The Balaban J connectivity index is 0.000000166. The molecule has 440 valence electrons. The van der Waals surface area contributed by atoms with Crippen molar-refractivity contribution in [1.29, 1.82) is 0 Å². The molecule has 0 radical (unpaired) electrons. The number of benzene rings is 5. The Bertz CT molecular complexity index is 2820. The molecule has 0 aromatic heterocycles. The van der Waals surface area contributed by atoms with Crippen molar-refractivity contribution in [2.24, 2.45) is 0 Å². The van der Waals surface area contributed by atoms with Gasteiger partial charge in [-0.3, -0.25) is 20.2 Å². The molecule has 0 saturated carbocycles. The lowest BCUT2D eigenvalue weighted by molar-refractivity contribution is -0.385. The number of nitrogens with two attached hydrogens (primary N) is 1. The van der Waals surface area contributed by atoms with Gasteiger partial charge in [0.05, 0.1) is 55.9 Å². The molecular weight excluding hydrogens is 1130 g/mol. The van der Waals surface area contributed by atoms with Crippen LogP contribution in [-0.2, 0) is 9.31 Å². The smallest absolute Gasteiger partial charge is 0.399 e. The van der Waals surface area contributed by atoms with Crippen molar-refractivity contribution in [3.8, 4) is 0 Å². The Morgan fingerprint density at radius 2 is 0.765 bits per heavy atom. The van der Waals surface area contributed by atoms with Gasteiger partial charge < -0.3 is 54.2 Å². The van der Waals surface area contributed by atoms with Gasteiger partial charge in [-0.05, 0) is 122 Å². The first kappa shape index (κ1) is 64.0. The average molecular weight is 1200 g/mol. The Hall–Kier alpha value is -6.22. The monoisotopic (exact) mass is 1200 g/mol. The van der Waals surface area contributed by atoms with Crippen LogP contribution in [0.2, 0.25) is 0 Å². The number of rotatable bonds is 7. The molecule has 10 rings (SSSR count). The summed E-state index contributed by atoms with van der Waals surface area (Å²) in [5.41, 5.74) is 7.73. The highest BCUT2D eigenvalue weighted by atomic mass is 79.9. The van der Waals surface area contributed by atoms with Gasteiger partial charge in [-0.25, -0.2) is 26.3 Å².